The maximum absolute atomic E-state index is 10.00. The minimum absolute atomic E-state index is 0. The van der Waals surface area contributed by atoms with Crippen molar-refractivity contribution in [2.45, 2.75) is 58.6 Å². The molecule has 0 saturated heterocycles. The second-order valence-electron chi connectivity index (χ2n) is 6.44. The predicted octanol–water partition coefficient (Wildman–Crippen LogP) is 3.33. The highest BCUT2D eigenvalue weighted by molar-refractivity contribution is 14.0. The van der Waals surface area contributed by atoms with Crippen LogP contribution < -0.4 is 11.1 Å². The zero-order valence-electron chi connectivity index (χ0n) is 14.5. The molecule has 0 aliphatic rings. The lowest BCUT2D eigenvalue weighted by atomic mass is 10.0. The van der Waals surface area contributed by atoms with Gasteiger partial charge in [0.05, 0.1) is 12.6 Å². The van der Waals surface area contributed by atoms with E-state index in [4.69, 9.17) is 5.73 Å². The van der Waals surface area contributed by atoms with E-state index in [0.29, 0.717) is 25.0 Å². The number of nitrogens with two attached hydrogens (primary N) is 1. The van der Waals surface area contributed by atoms with Crippen molar-refractivity contribution in [2.24, 2.45) is 16.6 Å². The summed E-state index contributed by atoms with van der Waals surface area (Å²) >= 11 is 0. The third-order valence-corrected chi connectivity index (χ3v) is 3.60. The van der Waals surface area contributed by atoms with Crippen LogP contribution in [0.1, 0.15) is 45.6 Å². The Balaban J connectivity index is 0.00000484. The first-order valence-corrected chi connectivity index (χ1v) is 8.25. The van der Waals surface area contributed by atoms with Crippen molar-refractivity contribution in [2.75, 3.05) is 6.54 Å². The molecule has 1 rings (SSSR count). The summed E-state index contributed by atoms with van der Waals surface area (Å²) in [5, 5.41) is 13.2. The molecule has 5 heteroatoms. The molecule has 2 atom stereocenters. The average molecular weight is 433 g/mol. The minimum Gasteiger partial charge on any atom is -0.391 e. The number of nitrogens with one attached hydrogen (secondary N) is 1. The van der Waals surface area contributed by atoms with Gasteiger partial charge in [0.1, 0.15) is 0 Å². The number of guanidine groups is 1. The molecule has 0 amide bonds. The van der Waals surface area contributed by atoms with Gasteiger partial charge in [-0.05, 0) is 24.8 Å². The van der Waals surface area contributed by atoms with E-state index in [-0.39, 0.29) is 24.0 Å². The topological polar surface area (TPSA) is 70.6 Å². The Kier molecular flexibility index (Phi) is 12.1. The summed E-state index contributed by atoms with van der Waals surface area (Å²) in [4.78, 5) is 4.24. The number of rotatable bonds is 9. The minimum atomic E-state index is -0.501. The van der Waals surface area contributed by atoms with Crippen LogP contribution in [0.5, 0.6) is 0 Å². The highest BCUT2D eigenvalue weighted by Crippen LogP contribution is 2.08. The van der Waals surface area contributed by atoms with Crippen molar-refractivity contribution in [3.8, 4) is 0 Å². The maximum atomic E-state index is 10.00. The van der Waals surface area contributed by atoms with E-state index in [1.165, 1.54) is 12.8 Å². The fraction of sp³-hybridized carbons (Fsp3) is 0.611. The molecule has 4 N–H and O–H groups in total. The zero-order chi connectivity index (χ0) is 16.4. The normalized spacial score (nSPS) is 14.2. The molecule has 23 heavy (non-hydrogen) atoms. The molecule has 0 fully saturated rings. The van der Waals surface area contributed by atoms with Gasteiger partial charge in [-0.3, -0.25) is 4.99 Å². The van der Waals surface area contributed by atoms with Crippen LogP contribution in [0.2, 0.25) is 0 Å². The van der Waals surface area contributed by atoms with Crippen LogP contribution in [0.15, 0.2) is 35.3 Å². The van der Waals surface area contributed by atoms with Crippen molar-refractivity contribution >= 4 is 29.9 Å². The first-order valence-electron chi connectivity index (χ1n) is 8.25. The summed E-state index contributed by atoms with van der Waals surface area (Å²) in [5.74, 6) is 1.16. The summed E-state index contributed by atoms with van der Waals surface area (Å²) in [7, 11) is 0. The Morgan fingerprint density at radius 1 is 1.17 bits per heavy atom. The second-order valence-corrected chi connectivity index (χ2v) is 6.44. The number of nitrogens with zero attached hydrogens (tertiary/aromatic N) is 1. The molecule has 0 radical (unpaired) electrons. The number of aliphatic imine (C=N–C) groups is 1. The average Bonchev–Trinajstić information content (AvgIpc) is 2.46. The molecule has 0 aliphatic carbocycles. The van der Waals surface area contributed by atoms with Crippen molar-refractivity contribution in [1.82, 2.24) is 5.32 Å². The maximum Gasteiger partial charge on any atom is 0.188 e. The Bertz CT molecular complexity index is 437. The van der Waals surface area contributed by atoms with E-state index in [0.717, 1.165) is 17.9 Å². The van der Waals surface area contributed by atoms with Gasteiger partial charge >= 0.3 is 0 Å². The molecule has 0 heterocycles. The van der Waals surface area contributed by atoms with Gasteiger partial charge in [0.15, 0.2) is 5.96 Å². The molecule has 0 bridgehead atoms. The van der Waals surface area contributed by atoms with E-state index in [2.05, 4.69) is 31.1 Å². The largest absolute Gasteiger partial charge is 0.391 e. The smallest absolute Gasteiger partial charge is 0.188 e. The van der Waals surface area contributed by atoms with Crippen LogP contribution in [0.25, 0.3) is 0 Å². The van der Waals surface area contributed by atoms with Crippen molar-refractivity contribution in [1.29, 1.82) is 0 Å². The van der Waals surface area contributed by atoms with Crippen LogP contribution >= 0.6 is 24.0 Å². The number of halogens is 1. The van der Waals surface area contributed by atoms with Gasteiger partial charge in [0, 0.05) is 12.5 Å². The molecule has 0 aliphatic heterocycles. The van der Waals surface area contributed by atoms with Crippen molar-refractivity contribution in [3.63, 3.8) is 0 Å². The Morgan fingerprint density at radius 3 is 2.43 bits per heavy atom. The van der Waals surface area contributed by atoms with E-state index in [1.807, 2.05) is 30.3 Å². The molecular weight excluding hydrogens is 401 g/mol. The number of benzene rings is 1. The van der Waals surface area contributed by atoms with Crippen LogP contribution in [-0.4, -0.2) is 29.8 Å². The lowest BCUT2D eigenvalue weighted by Crippen LogP contribution is -2.39. The molecule has 2 unspecified atom stereocenters. The standard InChI is InChI=1S/C18H31N3O.HI/c1-14(2)8-7-9-15(3)21-18(19)20-13-17(22)12-16-10-5-4-6-11-16;/h4-6,10-11,14-15,17,22H,7-9,12-13H2,1-3H3,(H3,19,20,21);1H. The highest BCUT2D eigenvalue weighted by atomic mass is 127. The molecule has 0 aromatic heterocycles. The van der Waals surface area contributed by atoms with Crippen LogP contribution in [-0.2, 0) is 6.42 Å². The molecule has 1 aromatic carbocycles. The predicted molar refractivity (Wildman–Crippen MR) is 109 cm³/mol. The van der Waals surface area contributed by atoms with Crippen LogP contribution in [0, 0.1) is 5.92 Å². The summed E-state index contributed by atoms with van der Waals surface area (Å²) in [6.45, 7) is 6.92. The fourth-order valence-electron chi connectivity index (χ4n) is 2.36. The first-order chi connectivity index (χ1) is 10.5. The lowest BCUT2D eigenvalue weighted by molar-refractivity contribution is 0.184. The zero-order valence-corrected chi connectivity index (χ0v) is 16.9. The quantitative estimate of drug-likeness (QED) is 0.318. The second kappa shape index (κ2) is 12.6. The van der Waals surface area contributed by atoms with E-state index < -0.39 is 6.10 Å². The molecule has 4 nitrogen and oxygen atoms in total. The monoisotopic (exact) mass is 433 g/mol. The molecular formula is C18H32IN3O. The fourth-order valence-corrected chi connectivity index (χ4v) is 2.36. The number of hydrogen-bond donors (Lipinski definition) is 3. The Labute approximate surface area is 158 Å². The van der Waals surface area contributed by atoms with Crippen molar-refractivity contribution in [3.05, 3.63) is 35.9 Å². The van der Waals surface area contributed by atoms with Gasteiger partial charge in [-0.15, -0.1) is 24.0 Å². The molecule has 0 spiro atoms. The third-order valence-electron chi connectivity index (χ3n) is 3.60. The lowest BCUT2D eigenvalue weighted by Gasteiger charge is -2.15. The van der Waals surface area contributed by atoms with E-state index >= 15 is 0 Å². The molecule has 132 valence electrons. The van der Waals surface area contributed by atoms with Crippen LogP contribution in [0.3, 0.4) is 0 Å². The van der Waals surface area contributed by atoms with Gasteiger partial charge in [0.25, 0.3) is 0 Å². The van der Waals surface area contributed by atoms with Gasteiger partial charge in [0.2, 0.25) is 0 Å². The van der Waals surface area contributed by atoms with E-state index in [9.17, 15) is 5.11 Å². The van der Waals surface area contributed by atoms with Gasteiger partial charge in [-0.1, -0.05) is 57.0 Å². The highest BCUT2D eigenvalue weighted by Gasteiger charge is 2.07. The number of hydrogen-bond acceptors (Lipinski definition) is 2. The van der Waals surface area contributed by atoms with Crippen molar-refractivity contribution < 1.29 is 5.11 Å². The molecule has 0 saturated carbocycles. The van der Waals surface area contributed by atoms with Gasteiger partial charge < -0.3 is 16.2 Å². The first kappa shape index (κ1) is 22.2. The van der Waals surface area contributed by atoms with Gasteiger partial charge in [-0.2, -0.15) is 0 Å². The number of aliphatic hydroxyl groups is 1. The summed E-state index contributed by atoms with van der Waals surface area (Å²) in [6.07, 6.45) is 3.61. The Hall–Kier alpha value is -0.820. The SMILES string of the molecule is CC(C)CCCC(C)NC(N)=NCC(O)Cc1ccccc1.I. The van der Waals surface area contributed by atoms with E-state index in [1.54, 1.807) is 0 Å². The van der Waals surface area contributed by atoms with Gasteiger partial charge in [-0.25, -0.2) is 0 Å². The summed E-state index contributed by atoms with van der Waals surface area (Å²) in [5.41, 5.74) is 6.99. The number of aliphatic hydroxyl groups excluding tert-OH is 1. The summed E-state index contributed by atoms with van der Waals surface area (Å²) in [6, 6.07) is 10.2. The van der Waals surface area contributed by atoms with Crippen LogP contribution in [0.4, 0.5) is 0 Å². The molecule has 1 aromatic rings. The third kappa shape index (κ3) is 11.4. The summed E-state index contributed by atoms with van der Waals surface area (Å²) < 4.78 is 0. The Morgan fingerprint density at radius 2 is 1.83 bits per heavy atom.